The van der Waals surface area contributed by atoms with Crippen LogP contribution in [0.5, 0.6) is 0 Å². The zero-order valence-corrected chi connectivity index (χ0v) is 14.9. The van der Waals surface area contributed by atoms with E-state index in [1.54, 1.807) is 0 Å². The lowest BCUT2D eigenvalue weighted by Gasteiger charge is -2.03. The molecule has 0 aliphatic heterocycles. The zero-order chi connectivity index (χ0) is 16.9. The molecule has 0 heterocycles. The molecule has 0 spiro atoms. The smallest absolute Gasteiger partial charge is 0.0669 e. The van der Waals surface area contributed by atoms with Gasteiger partial charge in [-0.05, 0) is 35.1 Å². The van der Waals surface area contributed by atoms with Crippen molar-refractivity contribution in [1.82, 2.24) is 0 Å². The Morgan fingerprint density at radius 2 is 1.22 bits per heavy atom. The van der Waals surface area contributed by atoms with Gasteiger partial charge in [0.15, 0.2) is 0 Å². The molecule has 2 aromatic rings. The second-order valence-corrected chi connectivity index (χ2v) is 5.77. The normalized spacial score (nSPS) is 9.65. The Bertz CT molecular complexity index is 613. The van der Waals surface area contributed by atoms with Crippen LogP contribution in [0, 0.1) is 11.3 Å². The highest BCUT2D eigenvalue weighted by Gasteiger charge is 1.98. The molecule has 2 rings (SSSR count). The van der Waals surface area contributed by atoms with Crippen LogP contribution in [-0.2, 0) is 25.1 Å². The van der Waals surface area contributed by atoms with Crippen molar-refractivity contribution in [2.45, 2.75) is 51.8 Å². The lowest BCUT2D eigenvalue weighted by Crippen LogP contribution is -1.91. The number of nitrogens with zero attached hydrogens (tertiary/aromatic N) is 1. The van der Waals surface area contributed by atoms with Crippen LogP contribution in [0.4, 0.5) is 0 Å². The Labute approximate surface area is 145 Å². The van der Waals surface area contributed by atoms with E-state index in [4.69, 9.17) is 16.9 Å². The van der Waals surface area contributed by atoms with Crippen LogP contribution >= 0.6 is 11.6 Å². The second kappa shape index (κ2) is 11.7. The molecule has 0 aliphatic rings. The molecule has 0 N–H and O–H groups in total. The van der Waals surface area contributed by atoms with Crippen LogP contribution in [0.1, 0.15) is 48.9 Å². The summed E-state index contributed by atoms with van der Waals surface area (Å²) in [5.74, 6) is 0.635. The lowest BCUT2D eigenvalue weighted by atomic mass is 10.0. The van der Waals surface area contributed by atoms with Gasteiger partial charge in [0, 0.05) is 5.88 Å². The molecule has 23 heavy (non-hydrogen) atoms. The van der Waals surface area contributed by atoms with Crippen molar-refractivity contribution < 1.29 is 0 Å². The van der Waals surface area contributed by atoms with Crippen molar-refractivity contribution in [2.24, 2.45) is 0 Å². The first kappa shape index (κ1) is 19.3. The maximum atomic E-state index is 8.56. The lowest BCUT2D eigenvalue weighted by molar-refractivity contribution is 0.907. The number of nitriles is 1. The summed E-state index contributed by atoms with van der Waals surface area (Å²) in [5.41, 5.74) is 5.17. The highest BCUT2D eigenvalue weighted by molar-refractivity contribution is 6.17. The minimum absolute atomic E-state index is 0.538. The van der Waals surface area contributed by atoms with Gasteiger partial charge in [0.1, 0.15) is 0 Å². The predicted octanol–water partition coefficient (Wildman–Crippen LogP) is 6.08. The fourth-order valence-electron chi connectivity index (χ4n) is 2.53. The molecule has 2 heteroatoms. The molecule has 0 saturated heterocycles. The van der Waals surface area contributed by atoms with E-state index in [2.05, 4.69) is 44.2 Å². The molecule has 0 fully saturated rings. The van der Waals surface area contributed by atoms with Gasteiger partial charge in [-0.3, -0.25) is 0 Å². The van der Waals surface area contributed by atoms with Crippen LogP contribution in [0.3, 0.4) is 0 Å². The van der Waals surface area contributed by atoms with Gasteiger partial charge in [-0.15, -0.1) is 11.6 Å². The molecule has 1 nitrogen and oxygen atoms in total. The number of alkyl halides is 1. The van der Waals surface area contributed by atoms with E-state index in [0.29, 0.717) is 12.3 Å². The summed E-state index contributed by atoms with van der Waals surface area (Å²) in [6.07, 6.45) is 5.09. The quantitative estimate of drug-likeness (QED) is 0.589. The van der Waals surface area contributed by atoms with Gasteiger partial charge in [-0.25, -0.2) is 0 Å². The largest absolute Gasteiger partial charge is 0.198 e. The van der Waals surface area contributed by atoms with Crippen LogP contribution in [-0.4, -0.2) is 0 Å². The Balaban J connectivity index is 0.000000231. The molecule has 0 saturated carbocycles. The SMILES string of the molecule is CCCc1ccccc1CC#N.CCCc1ccccc1CCl. The molecule has 0 bridgehead atoms. The standard InChI is InChI=1S/C11H13N.C10H13Cl/c1-2-5-10-6-3-4-7-11(10)8-9-12;1-2-5-9-6-3-4-7-10(9)8-11/h3-4,6-7H,2,5,8H2,1H3;3-4,6-7H,2,5,8H2,1H3. The molecule has 0 amide bonds. The van der Waals surface area contributed by atoms with E-state index in [1.807, 2.05) is 24.3 Å². The molecule has 122 valence electrons. The summed E-state index contributed by atoms with van der Waals surface area (Å²) in [7, 11) is 0. The number of halogens is 1. The van der Waals surface area contributed by atoms with E-state index in [-0.39, 0.29) is 0 Å². The van der Waals surface area contributed by atoms with Crippen LogP contribution in [0.15, 0.2) is 48.5 Å². The topological polar surface area (TPSA) is 23.8 Å². The Morgan fingerprint density at radius 1 is 0.783 bits per heavy atom. The number of hydrogen-bond acceptors (Lipinski definition) is 1. The summed E-state index contributed by atoms with van der Waals surface area (Å²) < 4.78 is 0. The van der Waals surface area contributed by atoms with Crippen LogP contribution in [0.25, 0.3) is 0 Å². The molecular formula is C21H26ClN. The number of benzene rings is 2. The Morgan fingerprint density at radius 3 is 1.65 bits per heavy atom. The first-order chi connectivity index (χ1) is 11.3. The average molecular weight is 328 g/mol. The van der Waals surface area contributed by atoms with Crippen molar-refractivity contribution in [3.8, 4) is 6.07 Å². The summed E-state index contributed by atoms with van der Waals surface area (Å²) >= 11 is 5.77. The van der Waals surface area contributed by atoms with Gasteiger partial charge in [0.2, 0.25) is 0 Å². The average Bonchev–Trinajstić information content (AvgIpc) is 2.58. The minimum Gasteiger partial charge on any atom is -0.198 e. The molecule has 0 unspecified atom stereocenters. The van der Waals surface area contributed by atoms with E-state index >= 15 is 0 Å². The Kier molecular flexibility index (Phi) is 9.84. The van der Waals surface area contributed by atoms with Gasteiger partial charge >= 0.3 is 0 Å². The third-order valence-corrected chi connectivity index (χ3v) is 3.98. The van der Waals surface area contributed by atoms with E-state index in [0.717, 1.165) is 19.3 Å². The third-order valence-electron chi connectivity index (χ3n) is 3.69. The molecular weight excluding hydrogens is 302 g/mol. The van der Waals surface area contributed by atoms with Gasteiger partial charge in [0.05, 0.1) is 12.5 Å². The van der Waals surface area contributed by atoms with Gasteiger partial charge < -0.3 is 0 Å². The molecule has 0 atom stereocenters. The first-order valence-electron chi connectivity index (χ1n) is 8.33. The monoisotopic (exact) mass is 327 g/mol. The van der Waals surface area contributed by atoms with Crippen molar-refractivity contribution in [3.63, 3.8) is 0 Å². The highest BCUT2D eigenvalue weighted by Crippen LogP contribution is 2.13. The first-order valence-corrected chi connectivity index (χ1v) is 8.86. The second-order valence-electron chi connectivity index (χ2n) is 5.51. The molecule has 2 aromatic carbocycles. The van der Waals surface area contributed by atoms with Crippen molar-refractivity contribution in [2.75, 3.05) is 0 Å². The summed E-state index contributed by atoms with van der Waals surface area (Å²) in [6, 6.07) is 18.7. The Hall–Kier alpha value is -1.78. The van der Waals surface area contributed by atoms with Crippen molar-refractivity contribution in [1.29, 1.82) is 5.26 Å². The maximum absolute atomic E-state index is 8.56. The zero-order valence-electron chi connectivity index (χ0n) is 14.2. The van der Waals surface area contributed by atoms with Crippen LogP contribution < -0.4 is 0 Å². The van der Waals surface area contributed by atoms with Crippen molar-refractivity contribution >= 4 is 11.6 Å². The van der Waals surface area contributed by atoms with E-state index in [1.165, 1.54) is 28.7 Å². The fraction of sp³-hybridized carbons (Fsp3) is 0.381. The number of aryl methyl sites for hydroxylation is 2. The summed E-state index contributed by atoms with van der Waals surface area (Å²) in [5, 5.41) is 8.56. The molecule has 0 radical (unpaired) electrons. The van der Waals surface area contributed by atoms with Gasteiger partial charge in [-0.2, -0.15) is 5.26 Å². The highest BCUT2D eigenvalue weighted by atomic mass is 35.5. The summed E-state index contributed by atoms with van der Waals surface area (Å²) in [4.78, 5) is 0. The van der Waals surface area contributed by atoms with Crippen molar-refractivity contribution in [3.05, 3.63) is 70.8 Å². The summed E-state index contributed by atoms with van der Waals surface area (Å²) in [6.45, 7) is 4.34. The minimum atomic E-state index is 0.538. The number of rotatable bonds is 6. The molecule has 0 aromatic heterocycles. The maximum Gasteiger partial charge on any atom is 0.0669 e. The third kappa shape index (κ3) is 6.89. The molecule has 0 aliphatic carbocycles. The van der Waals surface area contributed by atoms with Gasteiger partial charge in [-0.1, -0.05) is 75.2 Å². The number of hydrogen-bond donors (Lipinski definition) is 0. The van der Waals surface area contributed by atoms with E-state index in [9.17, 15) is 0 Å². The fourth-order valence-corrected chi connectivity index (χ4v) is 2.79. The van der Waals surface area contributed by atoms with Gasteiger partial charge in [0.25, 0.3) is 0 Å². The van der Waals surface area contributed by atoms with E-state index < -0.39 is 0 Å². The van der Waals surface area contributed by atoms with Crippen LogP contribution in [0.2, 0.25) is 0 Å². The predicted molar refractivity (Wildman–Crippen MR) is 99.7 cm³/mol.